The number of nitrogens with zero attached hydrogens (tertiary/aromatic N) is 2. The average Bonchev–Trinajstić information content (AvgIpc) is 3.35. The van der Waals surface area contributed by atoms with E-state index in [1.54, 1.807) is 45.0 Å². The van der Waals surface area contributed by atoms with Crippen LogP contribution in [0, 0.1) is 11.2 Å². The van der Waals surface area contributed by atoms with Crippen LogP contribution in [0.1, 0.15) is 59.7 Å². The van der Waals surface area contributed by atoms with E-state index in [0.29, 0.717) is 29.5 Å². The highest BCUT2D eigenvalue weighted by Gasteiger charge is 2.20. The summed E-state index contributed by atoms with van der Waals surface area (Å²) in [5.74, 6) is -2.87. The van der Waals surface area contributed by atoms with Gasteiger partial charge in [0, 0.05) is 30.8 Å². The first-order valence-electron chi connectivity index (χ1n) is 12.1. The van der Waals surface area contributed by atoms with Crippen molar-refractivity contribution in [2.45, 2.75) is 39.7 Å². The lowest BCUT2D eigenvalue weighted by Crippen LogP contribution is -2.27. The fraction of sp³-hybridized carbons (Fsp3) is 0.296. The quantitative estimate of drug-likeness (QED) is 0.142. The van der Waals surface area contributed by atoms with Crippen molar-refractivity contribution in [2.24, 2.45) is 5.73 Å². The molecule has 10 nitrogen and oxygen atoms in total. The zero-order valence-electron chi connectivity index (χ0n) is 22.0. The number of anilines is 2. The summed E-state index contributed by atoms with van der Waals surface area (Å²) in [5.41, 5.74) is 5.84. The molecule has 3 rings (SSSR count). The number of carbonyl (C=O) groups is 3. The Morgan fingerprint density at radius 3 is 2.36 bits per heavy atom. The number of nitrogen functional groups attached to an aromatic ring is 1. The molecule has 0 aliphatic carbocycles. The van der Waals surface area contributed by atoms with Gasteiger partial charge in [0.25, 0.3) is 0 Å². The van der Waals surface area contributed by atoms with E-state index in [0.717, 1.165) is 17.4 Å². The Bertz CT molecular complexity index is 1370. The minimum atomic E-state index is -0.818. The second-order valence-corrected chi connectivity index (χ2v) is 10.4. The fourth-order valence-electron chi connectivity index (χ4n) is 3.28. The lowest BCUT2D eigenvalue weighted by molar-refractivity contribution is -0.116. The van der Waals surface area contributed by atoms with Gasteiger partial charge in [-0.3, -0.25) is 10.2 Å². The predicted molar refractivity (Wildman–Crippen MR) is 147 cm³/mol. The van der Waals surface area contributed by atoms with Gasteiger partial charge in [0.2, 0.25) is 5.91 Å². The molecule has 1 amide bonds. The predicted octanol–water partition coefficient (Wildman–Crippen LogP) is 4.60. The van der Waals surface area contributed by atoms with Crippen LogP contribution in [-0.2, 0) is 9.53 Å². The van der Waals surface area contributed by atoms with Crippen molar-refractivity contribution in [3.63, 3.8) is 0 Å². The Balaban J connectivity index is 1.54. The topological polar surface area (TPSA) is 148 Å². The first-order valence-corrected chi connectivity index (χ1v) is 12.9. The SMILES string of the molecule is CCN(CCC(=O)Nc1ccc(C(=O)OC(C)(C)C)cc1)c1ncc(C(=O)Oc2ccc(C(=N)N)cc2F)s1. The molecule has 4 N–H and O–H groups in total. The lowest BCUT2D eigenvalue weighted by Gasteiger charge is -2.20. The van der Waals surface area contributed by atoms with Crippen molar-refractivity contribution in [1.82, 2.24) is 4.98 Å². The average molecular weight is 556 g/mol. The van der Waals surface area contributed by atoms with Crippen LogP contribution in [0.25, 0.3) is 0 Å². The van der Waals surface area contributed by atoms with Crippen molar-refractivity contribution < 1.29 is 28.2 Å². The highest BCUT2D eigenvalue weighted by Crippen LogP contribution is 2.26. The molecule has 2 aromatic carbocycles. The minimum Gasteiger partial charge on any atom is -0.456 e. The molecule has 0 fully saturated rings. The summed E-state index contributed by atoms with van der Waals surface area (Å²) >= 11 is 1.06. The molecule has 1 aromatic heterocycles. The maximum absolute atomic E-state index is 14.2. The number of rotatable bonds is 10. The Morgan fingerprint density at radius 2 is 1.77 bits per heavy atom. The summed E-state index contributed by atoms with van der Waals surface area (Å²) < 4.78 is 24.7. The van der Waals surface area contributed by atoms with Crippen LogP contribution in [0.15, 0.2) is 48.7 Å². The lowest BCUT2D eigenvalue weighted by atomic mass is 10.1. The molecule has 3 aromatic rings. The second-order valence-electron chi connectivity index (χ2n) is 9.41. The molecule has 1 heterocycles. The molecule has 12 heteroatoms. The van der Waals surface area contributed by atoms with Crippen molar-refractivity contribution in [3.8, 4) is 5.75 Å². The molecule has 0 bridgehead atoms. The standard InChI is InChI=1S/C27H30FN5O5S/c1-5-33(13-12-22(34)32-18-9-6-16(7-10-18)24(35)38-27(2,3)4)26-31-15-21(39-26)25(36)37-20-11-8-17(23(29)30)14-19(20)28/h6-11,14-15H,5,12-13H2,1-4H3,(H3,29,30)(H,32,34). The number of nitrogens with one attached hydrogen (secondary N) is 2. The molecular weight excluding hydrogens is 525 g/mol. The van der Waals surface area contributed by atoms with Crippen LogP contribution in [0.2, 0.25) is 0 Å². The number of amidine groups is 1. The molecule has 0 aliphatic heterocycles. The maximum Gasteiger partial charge on any atom is 0.355 e. The third kappa shape index (κ3) is 8.34. The highest BCUT2D eigenvalue weighted by molar-refractivity contribution is 7.17. The minimum absolute atomic E-state index is 0.148. The van der Waals surface area contributed by atoms with Gasteiger partial charge in [0.15, 0.2) is 16.7 Å². The molecule has 0 unspecified atom stereocenters. The van der Waals surface area contributed by atoms with E-state index in [2.05, 4.69) is 10.3 Å². The number of aromatic nitrogens is 1. The number of amides is 1. The van der Waals surface area contributed by atoms with Crippen LogP contribution < -0.4 is 20.7 Å². The number of thiazole rings is 1. The molecule has 0 saturated heterocycles. The number of nitrogens with two attached hydrogens (primary N) is 1. The molecule has 0 radical (unpaired) electrons. The van der Waals surface area contributed by atoms with E-state index in [1.165, 1.54) is 18.3 Å². The number of carbonyl (C=O) groups excluding carboxylic acids is 3. The molecule has 0 saturated carbocycles. The summed E-state index contributed by atoms with van der Waals surface area (Å²) in [6, 6.07) is 10.1. The summed E-state index contributed by atoms with van der Waals surface area (Å²) in [4.78, 5) is 43.4. The van der Waals surface area contributed by atoms with Gasteiger partial charge in [0.1, 0.15) is 16.3 Å². The summed E-state index contributed by atoms with van der Waals surface area (Å²) in [7, 11) is 0. The van der Waals surface area contributed by atoms with Crippen LogP contribution in [0.4, 0.5) is 15.2 Å². The van der Waals surface area contributed by atoms with Gasteiger partial charge in [0.05, 0.1) is 11.8 Å². The number of ether oxygens (including phenoxy) is 2. The van der Waals surface area contributed by atoms with Crippen molar-refractivity contribution in [3.05, 3.63) is 70.5 Å². The summed E-state index contributed by atoms with van der Waals surface area (Å²) in [6.07, 6.45) is 1.48. The normalized spacial score (nSPS) is 11.0. The zero-order chi connectivity index (χ0) is 28.7. The van der Waals surface area contributed by atoms with Gasteiger partial charge >= 0.3 is 11.9 Å². The molecule has 206 valence electrons. The highest BCUT2D eigenvalue weighted by atomic mass is 32.1. The molecular formula is C27H30FN5O5S. The van der Waals surface area contributed by atoms with Gasteiger partial charge in [-0.15, -0.1) is 0 Å². The van der Waals surface area contributed by atoms with Crippen molar-refractivity contribution in [2.75, 3.05) is 23.3 Å². The van der Waals surface area contributed by atoms with E-state index >= 15 is 0 Å². The Hall–Kier alpha value is -4.32. The maximum atomic E-state index is 14.2. The number of esters is 2. The van der Waals surface area contributed by atoms with Crippen molar-refractivity contribution >= 4 is 45.8 Å². The van der Waals surface area contributed by atoms with E-state index in [9.17, 15) is 18.8 Å². The monoisotopic (exact) mass is 555 g/mol. The van der Waals surface area contributed by atoms with Crippen LogP contribution in [0.5, 0.6) is 5.75 Å². The molecule has 0 spiro atoms. The van der Waals surface area contributed by atoms with Gasteiger partial charge in [-0.2, -0.15) is 0 Å². The number of halogens is 1. The first kappa shape index (κ1) is 29.2. The van der Waals surface area contributed by atoms with Gasteiger partial charge < -0.3 is 25.4 Å². The Kier molecular flexibility index (Phi) is 9.36. The molecule has 0 aliphatic rings. The second kappa shape index (κ2) is 12.5. The van der Waals surface area contributed by atoms with Crippen LogP contribution in [-0.4, -0.2) is 47.4 Å². The third-order valence-corrected chi connectivity index (χ3v) is 6.24. The number of hydrogen-bond donors (Lipinski definition) is 3. The zero-order valence-corrected chi connectivity index (χ0v) is 22.9. The van der Waals surface area contributed by atoms with Gasteiger partial charge in [-0.05, 0) is 70.2 Å². The summed E-state index contributed by atoms with van der Waals surface area (Å²) in [5, 5.41) is 10.6. The Labute approximate surface area is 229 Å². The number of benzene rings is 2. The smallest absolute Gasteiger partial charge is 0.355 e. The van der Waals surface area contributed by atoms with Crippen LogP contribution >= 0.6 is 11.3 Å². The largest absolute Gasteiger partial charge is 0.456 e. The van der Waals surface area contributed by atoms with Gasteiger partial charge in [-0.1, -0.05) is 11.3 Å². The van der Waals surface area contributed by atoms with Crippen LogP contribution in [0.3, 0.4) is 0 Å². The fourth-order valence-corrected chi connectivity index (χ4v) is 4.16. The molecule has 0 atom stereocenters. The first-order chi connectivity index (χ1) is 18.4. The summed E-state index contributed by atoms with van der Waals surface area (Å²) in [6.45, 7) is 8.11. The molecule has 39 heavy (non-hydrogen) atoms. The number of hydrogen-bond acceptors (Lipinski definition) is 9. The van der Waals surface area contributed by atoms with E-state index in [1.807, 2.05) is 11.8 Å². The van der Waals surface area contributed by atoms with E-state index in [4.69, 9.17) is 20.6 Å². The van der Waals surface area contributed by atoms with Gasteiger partial charge in [-0.25, -0.2) is 19.0 Å². The van der Waals surface area contributed by atoms with E-state index < -0.39 is 23.4 Å². The third-order valence-electron chi connectivity index (χ3n) is 5.20. The van der Waals surface area contributed by atoms with E-state index in [-0.39, 0.29) is 34.4 Å². The Morgan fingerprint density at radius 1 is 1.10 bits per heavy atom. The van der Waals surface area contributed by atoms with Crippen molar-refractivity contribution in [1.29, 1.82) is 5.41 Å².